The first-order chi connectivity index (χ1) is 9.13. The van der Waals surface area contributed by atoms with Crippen LogP contribution in [-0.4, -0.2) is 6.03 Å². The van der Waals surface area contributed by atoms with E-state index in [1.807, 2.05) is 36.4 Å². The summed E-state index contributed by atoms with van der Waals surface area (Å²) in [6, 6.07) is 14.4. The Balaban J connectivity index is 1.92. The van der Waals surface area contributed by atoms with E-state index in [1.165, 1.54) is 0 Å². The third kappa shape index (κ3) is 4.19. The van der Waals surface area contributed by atoms with Gasteiger partial charge in [-0.05, 0) is 42.0 Å². The first-order valence-corrected chi connectivity index (χ1v) is 6.16. The summed E-state index contributed by atoms with van der Waals surface area (Å²) >= 11 is 5.82. The van der Waals surface area contributed by atoms with E-state index in [2.05, 4.69) is 10.6 Å². The summed E-state index contributed by atoms with van der Waals surface area (Å²) in [6.07, 6.45) is 0. The van der Waals surface area contributed by atoms with Crippen LogP contribution in [0.15, 0.2) is 48.5 Å². The lowest BCUT2D eigenvalue weighted by Gasteiger charge is -2.08. The molecule has 0 spiro atoms. The quantitative estimate of drug-likeness (QED) is 0.800. The zero-order valence-electron chi connectivity index (χ0n) is 10.2. The Morgan fingerprint density at radius 2 is 1.58 bits per heavy atom. The lowest BCUT2D eigenvalue weighted by atomic mass is 10.2. The van der Waals surface area contributed by atoms with Crippen molar-refractivity contribution in [3.8, 4) is 0 Å². The predicted octanol–water partition coefficient (Wildman–Crippen LogP) is 3.44. The number of carbonyl (C=O) groups is 1. The zero-order valence-corrected chi connectivity index (χ0v) is 10.9. The molecular formula is C14H14ClN3O. The summed E-state index contributed by atoms with van der Waals surface area (Å²) < 4.78 is 0. The first-order valence-electron chi connectivity index (χ1n) is 5.78. The summed E-state index contributed by atoms with van der Waals surface area (Å²) in [6.45, 7) is 0.708. The Hall–Kier alpha value is -2.20. The van der Waals surface area contributed by atoms with Gasteiger partial charge in [0, 0.05) is 22.9 Å². The molecule has 4 N–H and O–H groups in total. The number of nitrogens with one attached hydrogen (secondary N) is 2. The maximum Gasteiger partial charge on any atom is 0.316 e. The molecule has 4 nitrogen and oxygen atoms in total. The summed E-state index contributed by atoms with van der Waals surface area (Å²) in [4.78, 5) is 10.7. The minimum atomic E-state index is -0.568. The van der Waals surface area contributed by atoms with Crippen LogP contribution >= 0.6 is 11.6 Å². The van der Waals surface area contributed by atoms with Crippen LogP contribution in [0.25, 0.3) is 0 Å². The molecule has 2 amide bonds. The van der Waals surface area contributed by atoms with Crippen LogP contribution in [0.3, 0.4) is 0 Å². The van der Waals surface area contributed by atoms with Crippen LogP contribution < -0.4 is 16.4 Å². The summed E-state index contributed by atoms with van der Waals surface area (Å²) in [5, 5.41) is 6.51. The Morgan fingerprint density at radius 3 is 2.16 bits per heavy atom. The Kier molecular flexibility index (Phi) is 4.26. The van der Waals surface area contributed by atoms with Gasteiger partial charge in [-0.25, -0.2) is 4.79 Å². The van der Waals surface area contributed by atoms with Gasteiger partial charge in [-0.1, -0.05) is 23.7 Å². The number of anilines is 2. The topological polar surface area (TPSA) is 67.2 Å². The average molecular weight is 276 g/mol. The molecule has 0 atom stereocenters. The highest BCUT2D eigenvalue weighted by Crippen LogP contribution is 2.15. The van der Waals surface area contributed by atoms with Crippen molar-refractivity contribution in [1.29, 1.82) is 0 Å². The fraction of sp³-hybridized carbons (Fsp3) is 0.0714. The van der Waals surface area contributed by atoms with Gasteiger partial charge < -0.3 is 16.4 Å². The van der Waals surface area contributed by atoms with Crippen LogP contribution in [0, 0.1) is 0 Å². The fourth-order valence-corrected chi connectivity index (χ4v) is 1.75. The number of nitrogens with two attached hydrogens (primary N) is 1. The van der Waals surface area contributed by atoms with Crippen molar-refractivity contribution in [2.75, 3.05) is 10.6 Å². The lowest BCUT2D eigenvalue weighted by molar-refractivity contribution is 0.259. The maximum absolute atomic E-state index is 10.7. The van der Waals surface area contributed by atoms with Crippen molar-refractivity contribution >= 4 is 29.0 Å². The predicted molar refractivity (Wildman–Crippen MR) is 78.4 cm³/mol. The lowest BCUT2D eigenvalue weighted by Crippen LogP contribution is -2.19. The molecule has 19 heavy (non-hydrogen) atoms. The number of halogens is 1. The van der Waals surface area contributed by atoms with Gasteiger partial charge in [-0.3, -0.25) is 0 Å². The second-order valence-electron chi connectivity index (χ2n) is 4.05. The fourth-order valence-electron chi connectivity index (χ4n) is 1.62. The normalized spacial score (nSPS) is 9.95. The number of hydrogen-bond acceptors (Lipinski definition) is 2. The minimum Gasteiger partial charge on any atom is -0.381 e. The van der Waals surface area contributed by atoms with Crippen LogP contribution in [0.2, 0.25) is 5.02 Å². The monoisotopic (exact) mass is 275 g/mol. The van der Waals surface area contributed by atoms with E-state index in [4.69, 9.17) is 17.3 Å². The van der Waals surface area contributed by atoms with Gasteiger partial charge in [-0.2, -0.15) is 0 Å². The number of rotatable bonds is 4. The van der Waals surface area contributed by atoms with Gasteiger partial charge in [0.05, 0.1) is 0 Å². The third-order valence-corrected chi connectivity index (χ3v) is 2.81. The SMILES string of the molecule is NC(=O)Nc1ccc(NCc2ccc(Cl)cc2)cc1. The first kappa shape index (κ1) is 13.2. The molecule has 5 heteroatoms. The second-order valence-corrected chi connectivity index (χ2v) is 4.48. The Bertz CT molecular complexity index is 552. The van der Waals surface area contributed by atoms with E-state index in [9.17, 15) is 4.79 Å². The highest BCUT2D eigenvalue weighted by Gasteiger charge is 1.97. The van der Waals surface area contributed by atoms with E-state index in [0.717, 1.165) is 16.3 Å². The molecule has 0 aromatic heterocycles. The number of urea groups is 1. The molecule has 0 unspecified atom stereocenters. The highest BCUT2D eigenvalue weighted by atomic mass is 35.5. The molecule has 0 saturated carbocycles. The molecule has 0 saturated heterocycles. The van der Waals surface area contributed by atoms with Gasteiger partial charge in [0.15, 0.2) is 0 Å². The smallest absolute Gasteiger partial charge is 0.316 e. The molecule has 2 aromatic carbocycles. The number of amides is 2. The van der Waals surface area contributed by atoms with Gasteiger partial charge in [0.25, 0.3) is 0 Å². The molecule has 0 aliphatic carbocycles. The second kappa shape index (κ2) is 6.11. The molecule has 0 fully saturated rings. The minimum absolute atomic E-state index is 0.568. The van der Waals surface area contributed by atoms with Crippen molar-refractivity contribution in [3.05, 3.63) is 59.1 Å². The molecule has 0 radical (unpaired) electrons. The largest absolute Gasteiger partial charge is 0.381 e. The van der Waals surface area contributed by atoms with Crippen LogP contribution in [0.5, 0.6) is 0 Å². The summed E-state index contributed by atoms with van der Waals surface area (Å²) in [7, 11) is 0. The molecule has 2 rings (SSSR count). The molecule has 0 heterocycles. The highest BCUT2D eigenvalue weighted by molar-refractivity contribution is 6.30. The van der Waals surface area contributed by atoms with Crippen molar-refractivity contribution in [1.82, 2.24) is 0 Å². The van der Waals surface area contributed by atoms with E-state index in [1.54, 1.807) is 12.1 Å². The van der Waals surface area contributed by atoms with Crippen LogP contribution in [0.1, 0.15) is 5.56 Å². The van der Waals surface area contributed by atoms with Gasteiger partial charge in [0.2, 0.25) is 0 Å². The number of benzene rings is 2. The molecule has 0 bridgehead atoms. The number of hydrogen-bond donors (Lipinski definition) is 3. The zero-order chi connectivity index (χ0) is 13.7. The molecule has 2 aromatic rings. The van der Waals surface area contributed by atoms with Crippen molar-refractivity contribution < 1.29 is 4.79 Å². The van der Waals surface area contributed by atoms with E-state index in [-0.39, 0.29) is 0 Å². The number of carbonyl (C=O) groups excluding carboxylic acids is 1. The Morgan fingerprint density at radius 1 is 1.00 bits per heavy atom. The molecule has 98 valence electrons. The molecule has 0 aliphatic heterocycles. The van der Waals surface area contributed by atoms with Gasteiger partial charge in [-0.15, -0.1) is 0 Å². The van der Waals surface area contributed by atoms with Gasteiger partial charge >= 0.3 is 6.03 Å². The Labute approximate surface area is 116 Å². The van der Waals surface area contributed by atoms with Gasteiger partial charge in [0.1, 0.15) is 0 Å². The van der Waals surface area contributed by atoms with Crippen LogP contribution in [0.4, 0.5) is 16.2 Å². The summed E-state index contributed by atoms with van der Waals surface area (Å²) in [5.41, 5.74) is 7.81. The van der Waals surface area contributed by atoms with E-state index < -0.39 is 6.03 Å². The van der Waals surface area contributed by atoms with Crippen molar-refractivity contribution in [3.63, 3.8) is 0 Å². The third-order valence-electron chi connectivity index (χ3n) is 2.56. The molecule has 0 aliphatic rings. The van der Waals surface area contributed by atoms with Crippen molar-refractivity contribution in [2.24, 2.45) is 5.73 Å². The average Bonchev–Trinajstić information content (AvgIpc) is 2.39. The maximum atomic E-state index is 10.7. The van der Waals surface area contributed by atoms with E-state index in [0.29, 0.717) is 12.2 Å². The number of primary amides is 1. The standard InChI is InChI=1S/C14H14ClN3O/c15-11-3-1-10(2-4-11)9-17-12-5-7-13(8-6-12)18-14(16)19/h1-8,17H,9H2,(H3,16,18,19). The summed E-state index contributed by atoms with van der Waals surface area (Å²) in [5.74, 6) is 0. The molecular weight excluding hydrogens is 262 g/mol. The van der Waals surface area contributed by atoms with Crippen LogP contribution in [-0.2, 0) is 6.54 Å². The van der Waals surface area contributed by atoms with E-state index >= 15 is 0 Å². The van der Waals surface area contributed by atoms with Crippen molar-refractivity contribution in [2.45, 2.75) is 6.54 Å².